The molecule has 29 heavy (non-hydrogen) atoms. The van der Waals surface area contributed by atoms with Gasteiger partial charge in [-0.3, -0.25) is 9.32 Å². The van der Waals surface area contributed by atoms with Gasteiger partial charge in [-0.15, -0.1) is 0 Å². The van der Waals surface area contributed by atoms with Crippen molar-refractivity contribution >= 4 is 5.91 Å². The molecule has 1 aliphatic heterocycles. The predicted octanol–water partition coefficient (Wildman–Crippen LogP) is 0.438. The van der Waals surface area contributed by atoms with Gasteiger partial charge in [-0.1, -0.05) is 10.7 Å². The second-order valence-electron chi connectivity index (χ2n) is 7.33. The van der Waals surface area contributed by atoms with E-state index < -0.39 is 5.63 Å². The van der Waals surface area contributed by atoms with Crippen molar-refractivity contribution in [1.29, 1.82) is 0 Å². The fourth-order valence-corrected chi connectivity index (χ4v) is 3.67. The molecule has 0 spiro atoms. The number of amides is 1. The minimum atomic E-state index is -0.496. The fraction of sp³-hybridized carbons (Fsp3) is 0.550. The van der Waals surface area contributed by atoms with Crippen LogP contribution in [0.15, 0.2) is 33.7 Å². The Kier molecular flexibility index (Phi) is 6.92. The molecule has 0 unspecified atom stereocenters. The quantitative estimate of drug-likeness (QED) is 0.641. The van der Waals surface area contributed by atoms with E-state index in [1.165, 1.54) is 16.4 Å². The lowest BCUT2D eigenvalue weighted by Crippen LogP contribution is -2.53. The maximum Gasteiger partial charge on any atom is 0.426 e. The maximum atomic E-state index is 12.6. The smallest absolute Gasteiger partial charge is 0.426 e. The number of H-pyrrole nitrogens is 1. The van der Waals surface area contributed by atoms with Crippen LogP contribution in [0.4, 0.5) is 0 Å². The van der Waals surface area contributed by atoms with Crippen LogP contribution in [-0.2, 0) is 17.8 Å². The second-order valence-corrected chi connectivity index (χ2v) is 7.33. The highest BCUT2D eigenvalue weighted by Gasteiger charge is 2.28. The first kappa shape index (κ1) is 20.9. The summed E-state index contributed by atoms with van der Waals surface area (Å²) in [6.45, 7) is 2.38. The fourth-order valence-electron chi connectivity index (χ4n) is 3.67. The van der Waals surface area contributed by atoms with E-state index in [-0.39, 0.29) is 12.5 Å². The molecule has 1 atom stereocenters. The van der Waals surface area contributed by atoms with Crippen LogP contribution in [-0.4, -0.2) is 67.9 Å². The van der Waals surface area contributed by atoms with E-state index in [0.29, 0.717) is 12.6 Å². The van der Waals surface area contributed by atoms with Gasteiger partial charge in [0.1, 0.15) is 0 Å². The summed E-state index contributed by atoms with van der Waals surface area (Å²) in [5.41, 5.74) is 0.683. The van der Waals surface area contributed by atoms with E-state index in [0.717, 1.165) is 43.9 Å². The largest absolute Gasteiger partial charge is 0.493 e. The number of nitrogens with zero attached hydrogens (tertiary/aromatic N) is 3. The number of likely N-dealkylation sites (tertiary alicyclic amines) is 1. The zero-order chi connectivity index (χ0) is 20.8. The molecule has 0 bridgehead atoms. The van der Waals surface area contributed by atoms with Crippen molar-refractivity contribution in [2.75, 3.05) is 40.9 Å². The van der Waals surface area contributed by atoms with Crippen molar-refractivity contribution < 1.29 is 23.5 Å². The van der Waals surface area contributed by atoms with Crippen molar-refractivity contribution in [2.45, 2.75) is 31.8 Å². The van der Waals surface area contributed by atoms with Crippen LogP contribution in [0.25, 0.3) is 0 Å². The van der Waals surface area contributed by atoms with Gasteiger partial charge >= 0.3 is 5.63 Å². The Labute approximate surface area is 169 Å². The molecule has 9 heteroatoms. The first-order valence-electron chi connectivity index (χ1n) is 9.77. The zero-order valence-electron chi connectivity index (χ0n) is 17.2. The van der Waals surface area contributed by atoms with Crippen molar-refractivity contribution in [3.8, 4) is 11.5 Å². The van der Waals surface area contributed by atoms with E-state index in [1.807, 2.05) is 17.0 Å². The molecule has 1 aromatic heterocycles. The van der Waals surface area contributed by atoms with E-state index >= 15 is 0 Å². The molecular weight excluding hydrogens is 376 g/mol. The highest BCUT2D eigenvalue weighted by Crippen LogP contribution is 2.27. The van der Waals surface area contributed by atoms with Gasteiger partial charge in [0.05, 0.1) is 14.2 Å². The molecule has 0 radical (unpaired) electrons. The van der Waals surface area contributed by atoms with Crippen LogP contribution in [0.5, 0.6) is 11.5 Å². The number of likely N-dealkylation sites (N-methyl/N-ethyl adjacent to an activating group) is 1. The third-order valence-corrected chi connectivity index (χ3v) is 5.40. The standard InChI is InChI=1S/C20H28N4O5/c1-22(10-8-15-6-7-17(27-2)18(11-15)28-3)16-5-4-9-23(12-16)19(25)13-24-14-20(26)29-21-24/h6-7,11,14,16H,4-5,8-10,12-13H2,1-3H3/p+1/t16-/m1/s1. The number of benzene rings is 1. The number of methoxy groups -OCH3 is 2. The van der Waals surface area contributed by atoms with Gasteiger partial charge in [0.25, 0.3) is 18.6 Å². The topological polar surface area (TPSA) is 91.9 Å². The number of piperidine rings is 1. The summed E-state index contributed by atoms with van der Waals surface area (Å²) in [7, 11) is 5.37. The van der Waals surface area contributed by atoms with Crippen LogP contribution in [0.3, 0.4) is 0 Å². The number of carbonyl (C=O) groups is 1. The van der Waals surface area contributed by atoms with Gasteiger partial charge in [0.15, 0.2) is 11.5 Å². The van der Waals surface area contributed by atoms with Gasteiger partial charge in [-0.05, 0) is 49.3 Å². The van der Waals surface area contributed by atoms with E-state index in [2.05, 4.69) is 27.8 Å². The van der Waals surface area contributed by atoms with Crippen LogP contribution < -0.4 is 19.8 Å². The third kappa shape index (κ3) is 5.38. The van der Waals surface area contributed by atoms with Gasteiger partial charge in [0, 0.05) is 25.7 Å². The van der Waals surface area contributed by atoms with Crippen LogP contribution >= 0.6 is 0 Å². The molecule has 2 aromatic rings. The number of hydrogen-bond acceptors (Lipinski definition) is 6. The number of hydrogen-bond donors (Lipinski definition) is 1. The third-order valence-electron chi connectivity index (χ3n) is 5.40. The molecule has 1 aromatic carbocycles. The van der Waals surface area contributed by atoms with E-state index in [9.17, 15) is 9.59 Å². The Morgan fingerprint density at radius 1 is 1.34 bits per heavy atom. The second kappa shape index (κ2) is 9.60. The number of rotatable bonds is 8. The number of aromatic nitrogens is 2. The molecule has 2 heterocycles. The van der Waals surface area contributed by atoms with E-state index in [4.69, 9.17) is 9.47 Å². The number of carbonyl (C=O) groups excluding carboxylic acids is 1. The highest BCUT2D eigenvalue weighted by molar-refractivity contribution is 5.74. The highest BCUT2D eigenvalue weighted by atomic mass is 16.5. The number of ether oxygens (including phenoxy) is 2. The summed E-state index contributed by atoms with van der Waals surface area (Å²) in [5.74, 6) is 1.43. The molecule has 1 amide bonds. The average Bonchev–Trinajstić information content (AvgIpc) is 3.16. The Bertz CT molecular complexity index is 878. The van der Waals surface area contributed by atoms with Gasteiger partial charge in [-0.25, -0.2) is 4.79 Å². The van der Waals surface area contributed by atoms with Crippen molar-refractivity contribution in [3.63, 3.8) is 0 Å². The molecule has 158 valence electrons. The summed E-state index contributed by atoms with van der Waals surface area (Å²) >= 11 is 0. The van der Waals surface area contributed by atoms with Gasteiger partial charge in [-0.2, -0.15) is 0 Å². The first-order valence-corrected chi connectivity index (χ1v) is 9.77. The molecule has 1 fully saturated rings. The lowest BCUT2D eigenvalue weighted by molar-refractivity contribution is -0.751. The molecule has 0 aliphatic carbocycles. The molecule has 9 nitrogen and oxygen atoms in total. The molecule has 1 aliphatic rings. The van der Waals surface area contributed by atoms with Crippen molar-refractivity contribution in [2.24, 2.45) is 0 Å². The van der Waals surface area contributed by atoms with Crippen molar-refractivity contribution in [1.82, 2.24) is 15.1 Å². The lowest BCUT2D eigenvalue weighted by Gasteiger charge is -2.37. The Balaban J connectivity index is 1.53. The Morgan fingerprint density at radius 3 is 2.83 bits per heavy atom. The Morgan fingerprint density at radius 2 is 2.14 bits per heavy atom. The Hall–Kier alpha value is -2.81. The van der Waals surface area contributed by atoms with Crippen LogP contribution in [0.1, 0.15) is 18.4 Å². The molecule has 0 saturated carbocycles. The minimum absolute atomic E-state index is 0.0231. The molecule has 3 rings (SSSR count). The lowest BCUT2D eigenvalue weighted by atomic mass is 10.0. The zero-order valence-corrected chi connectivity index (χ0v) is 17.2. The average molecular weight is 405 g/mol. The first-order chi connectivity index (χ1) is 14.0. The summed E-state index contributed by atoms with van der Waals surface area (Å²) in [6, 6.07) is 6.29. The number of nitrogens with one attached hydrogen (secondary N) is 1. The van der Waals surface area contributed by atoms with Crippen LogP contribution in [0, 0.1) is 0 Å². The molecule has 1 N–H and O–H groups in total. The summed E-state index contributed by atoms with van der Waals surface area (Å²) in [5, 5.41) is 2.42. The van der Waals surface area contributed by atoms with Crippen molar-refractivity contribution in [3.05, 3.63) is 40.4 Å². The predicted molar refractivity (Wildman–Crippen MR) is 105 cm³/mol. The SMILES string of the molecule is COc1ccc(CCN(C)[C@@H]2CCCN(C(=O)C[n+]3cc(=O)o[nH]3)C2)cc1OC. The summed E-state index contributed by atoms with van der Waals surface area (Å²) in [4.78, 5) is 27.8. The van der Waals surface area contributed by atoms with Crippen LogP contribution in [0.2, 0.25) is 0 Å². The minimum Gasteiger partial charge on any atom is -0.493 e. The number of aromatic amines is 1. The van der Waals surface area contributed by atoms with Gasteiger partial charge < -0.3 is 19.3 Å². The summed E-state index contributed by atoms with van der Waals surface area (Å²) < 4.78 is 16.6. The summed E-state index contributed by atoms with van der Waals surface area (Å²) in [6.07, 6.45) is 4.15. The normalized spacial score (nSPS) is 16.8. The molecule has 1 saturated heterocycles. The van der Waals surface area contributed by atoms with Gasteiger partial charge in [0.2, 0.25) is 0 Å². The van der Waals surface area contributed by atoms with E-state index in [1.54, 1.807) is 14.2 Å². The monoisotopic (exact) mass is 405 g/mol. The molecular formula is C20H29N4O5+. The maximum absolute atomic E-state index is 12.6.